The fourth-order valence-corrected chi connectivity index (χ4v) is 8.02. The van der Waals surface area contributed by atoms with Crippen LogP contribution in [0.4, 0.5) is 11.4 Å². The largest absolute Gasteiger partial charge is 0.336 e. The molecule has 0 aliphatic heterocycles. The van der Waals surface area contributed by atoms with Crippen molar-refractivity contribution < 1.29 is 2.74 Å². The van der Waals surface area contributed by atoms with Crippen molar-refractivity contribution in [1.82, 2.24) is 0 Å². The number of fused-ring (bicyclic) bond motifs is 3. The minimum absolute atomic E-state index is 0.113. The lowest BCUT2D eigenvalue weighted by atomic mass is 9.80. The molecule has 2 saturated carbocycles. The van der Waals surface area contributed by atoms with Gasteiger partial charge in [-0.2, -0.15) is 0 Å². The standard InChI is InChI=1S/C41H47N/c1-40(2,3)42(38-24-23-31(28-15-7-6-8-16-28)25-33(38)29-17-9-10-18-29)39-27-35-32-21-13-14-22-36(32)41(4,5)37(35)26-34(39)30-19-11-12-20-30/h6-8,13-16,21-27,29-30H,9-12,17-20H2,1-5H3/i29D,30D. The highest BCUT2D eigenvalue weighted by molar-refractivity contribution is 5.87. The second-order valence-electron chi connectivity index (χ2n) is 14.3. The zero-order valence-corrected chi connectivity index (χ0v) is 26.2. The van der Waals surface area contributed by atoms with E-state index in [1.54, 1.807) is 0 Å². The molecule has 0 radical (unpaired) electrons. The van der Waals surface area contributed by atoms with Crippen molar-refractivity contribution >= 4 is 11.4 Å². The van der Waals surface area contributed by atoms with Crippen LogP contribution < -0.4 is 4.90 Å². The van der Waals surface area contributed by atoms with Gasteiger partial charge in [0.15, 0.2) is 0 Å². The zero-order chi connectivity index (χ0) is 30.9. The molecule has 4 aromatic carbocycles. The van der Waals surface area contributed by atoms with Crippen molar-refractivity contribution in [3.8, 4) is 22.3 Å². The predicted molar refractivity (Wildman–Crippen MR) is 180 cm³/mol. The molecule has 3 aliphatic rings. The van der Waals surface area contributed by atoms with Gasteiger partial charge < -0.3 is 4.90 Å². The summed E-state index contributed by atoms with van der Waals surface area (Å²) in [5, 5.41) is 0. The summed E-state index contributed by atoms with van der Waals surface area (Å²) >= 11 is 0. The van der Waals surface area contributed by atoms with E-state index in [9.17, 15) is 2.74 Å². The van der Waals surface area contributed by atoms with Crippen LogP contribution in [0.1, 0.15) is 123 Å². The molecular formula is C41H47N. The van der Waals surface area contributed by atoms with Crippen molar-refractivity contribution in [3.63, 3.8) is 0 Å². The first-order valence-corrected chi connectivity index (χ1v) is 16.2. The molecule has 0 atom stereocenters. The summed E-state index contributed by atoms with van der Waals surface area (Å²) in [5.41, 5.74) is 11.9. The highest BCUT2D eigenvalue weighted by Gasteiger charge is 2.39. The van der Waals surface area contributed by atoms with E-state index >= 15 is 0 Å². The highest BCUT2D eigenvalue weighted by atomic mass is 15.2. The smallest absolute Gasteiger partial charge is 0.0457 e. The monoisotopic (exact) mass is 555 g/mol. The molecular weight excluding hydrogens is 506 g/mol. The van der Waals surface area contributed by atoms with Crippen LogP contribution in [-0.2, 0) is 5.41 Å². The van der Waals surface area contributed by atoms with E-state index in [0.29, 0.717) is 0 Å². The lowest BCUT2D eigenvalue weighted by Crippen LogP contribution is -2.39. The van der Waals surface area contributed by atoms with Crippen molar-refractivity contribution in [2.24, 2.45) is 0 Å². The second kappa shape index (κ2) is 10.4. The van der Waals surface area contributed by atoms with Crippen molar-refractivity contribution in [2.45, 2.75) is 109 Å². The van der Waals surface area contributed by atoms with Gasteiger partial charge in [0, 0.05) is 25.1 Å². The van der Waals surface area contributed by atoms with Gasteiger partial charge in [-0.25, -0.2) is 0 Å². The lowest BCUT2D eigenvalue weighted by molar-refractivity contribution is 0.551. The predicted octanol–water partition coefficient (Wildman–Crippen LogP) is 11.9. The van der Waals surface area contributed by atoms with Gasteiger partial charge in [-0.05, 0) is 121 Å². The maximum Gasteiger partial charge on any atom is 0.0457 e. The molecule has 4 aromatic rings. The molecule has 42 heavy (non-hydrogen) atoms. The molecule has 0 bridgehead atoms. The Hall–Kier alpha value is -3.32. The van der Waals surface area contributed by atoms with Crippen LogP contribution >= 0.6 is 0 Å². The van der Waals surface area contributed by atoms with E-state index in [-0.39, 0.29) is 11.0 Å². The van der Waals surface area contributed by atoms with E-state index in [1.165, 1.54) is 33.4 Å². The number of benzene rings is 4. The first-order chi connectivity index (χ1) is 20.9. The Kier molecular flexibility index (Phi) is 6.27. The lowest BCUT2D eigenvalue weighted by Gasteiger charge is -2.42. The Bertz CT molecular complexity index is 1700. The van der Waals surface area contributed by atoms with Crippen LogP contribution in [0, 0.1) is 0 Å². The summed E-state index contributed by atoms with van der Waals surface area (Å²) in [6.07, 6.45) is 7.96. The topological polar surface area (TPSA) is 3.24 Å². The van der Waals surface area contributed by atoms with Gasteiger partial charge in [-0.3, -0.25) is 0 Å². The van der Waals surface area contributed by atoms with Gasteiger partial charge >= 0.3 is 0 Å². The van der Waals surface area contributed by atoms with Crippen molar-refractivity contribution in [1.29, 1.82) is 0 Å². The third-order valence-electron chi connectivity index (χ3n) is 10.1. The van der Waals surface area contributed by atoms with E-state index in [0.717, 1.165) is 73.9 Å². The van der Waals surface area contributed by atoms with E-state index in [4.69, 9.17) is 0 Å². The summed E-state index contributed by atoms with van der Waals surface area (Å²) in [6, 6.07) is 31.2. The maximum atomic E-state index is 9.92. The fraction of sp³-hybridized carbons (Fsp3) is 0.415. The Labute approximate surface area is 256 Å². The third-order valence-corrected chi connectivity index (χ3v) is 10.1. The summed E-state index contributed by atoms with van der Waals surface area (Å²) in [4.78, 5) is 2.52. The van der Waals surface area contributed by atoms with Crippen LogP contribution in [0.3, 0.4) is 0 Å². The first kappa shape index (κ1) is 25.2. The van der Waals surface area contributed by atoms with Gasteiger partial charge in [-0.1, -0.05) is 106 Å². The number of rotatable bonds is 5. The van der Waals surface area contributed by atoms with Crippen LogP contribution in [-0.4, -0.2) is 5.54 Å². The quantitative estimate of drug-likeness (QED) is 0.237. The van der Waals surface area contributed by atoms with E-state index < -0.39 is 11.8 Å². The van der Waals surface area contributed by atoms with E-state index in [2.05, 4.69) is 124 Å². The summed E-state index contributed by atoms with van der Waals surface area (Å²) < 4.78 is 19.8. The number of hydrogen-bond acceptors (Lipinski definition) is 1. The second-order valence-corrected chi connectivity index (χ2v) is 14.3. The average molecular weight is 556 g/mol. The molecule has 7 rings (SSSR count). The van der Waals surface area contributed by atoms with Crippen LogP contribution in [0.5, 0.6) is 0 Å². The molecule has 3 aliphatic carbocycles. The van der Waals surface area contributed by atoms with Crippen LogP contribution in [0.25, 0.3) is 22.3 Å². The Morgan fingerprint density at radius 2 is 1.21 bits per heavy atom. The highest BCUT2D eigenvalue weighted by Crippen LogP contribution is 2.54. The van der Waals surface area contributed by atoms with Gasteiger partial charge in [0.25, 0.3) is 0 Å². The molecule has 1 heteroatoms. The Morgan fingerprint density at radius 1 is 0.619 bits per heavy atom. The molecule has 0 unspecified atom stereocenters. The molecule has 0 saturated heterocycles. The molecule has 1 nitrogen and oxygen atoms in total. The first-order valence-electron chi connectivity index (χ1n) is 17.2. The molecule has 0 amide bonds. The van der Waals surface area contributed by atoms with Gasteiger partial charge in [0.1, 0.15) is 0 Å². The van der Waals surface area contributed by atoms with Crippen molar-refractivity contribution in [3.05, 3.63) is 107 Å². The summed E-state index contributed by atoms with van der Waals surface area (Å²) in [7, 11) is 0. The normalized spacial score (nSPS) is 20.5. The Balaban J connectivity index is 1.51. The molecule has 0 aromatic heterocycles. The van der Waals surface area contributed by atoms with Crippen LogP contribution in [0.2, 0.25) is 0 Å². The third kappa shape index (κ3) is 4.61. The van der Waals surface area contributed by atoms with Crippen molar-refractivity contribution in [2.75, 3.05) is 4.90 Å². The zero-order valence-electron chi connectivity index (χ0n) is 28.2. The average Bonchev–Trinajstić information content (AvgIpc) is 3.71. The molecule has 216 valence electrons. The molecule has 0 spiro atoms. The minimum atomic E-state index is -0.624. The number of nitrogens with zero attached hydrogens (tertiary/aromatic N) is 1. The minimum Gasteiger partial charge on any atom is -0.336 e. The van der Waals surface area contributed by atoms with Crippen LogP contribution in [0.15, 0.2) is 84.9 Å². The maximum absolute atomic E-state index is 9.92. The molecule has 2 fully saturated rings. The van der Waals surface area contributed by atoms with Gasteiger partial charge in [-0.15, -0.1) is 0 Å². The Morgan fingerprint density at radius 3 is 1.86 bits per heavy atom. The van der Waals surface area contributed by atoms with Gasteiger partial charge in [0.05, 0.1) is 0 Å². The fourth-order valence-electron chi connectivity index (χ4n) is 8.02. The molecule has 0 heterocycles. The SMILES string of the molecule is [2H]C1(c2cc(-c3ccccc3)ccc2N(c2cc3c(cc2C2([2H])CCCC2)C(C)(C)c2ccccc2-3)C(C)(C)C)CCCC1. The number of hydrogen-bond donors (Lipinski definition) is 0. The van der Waals surface area contributed by atoms with E-state index in [1.807, 2.05) is 0 Å². The summed E-state index contributed by atoms with van der Waals surface area (Å²) in [6.45, 7) is 11.6. The summed E-state index contributed by atoms with van der Waals surface area (Å²) in [5.74, 6) is -1.24. The molecule has 0 N–H and O–H groups in total. The number of anilines is 2. The van der Waals surface area contributed by atoms with Gasteiger partial charge in [0.2, 0.25) is 0 Å².